The average molecular weight is 177 g/mol. The minimum Gasteiger partial charge on any atom is -0.325 e. The lowest BCUT2D eigenvalue weighted by atomic mass is 10.2. The van der Waals surface area contributed by atoms with Crippen LogP contribution < -0.4 is 5.73 Å². The van der Waals surface area contributed by atoms with Gasteiger partial charge in [-0.2, -0.15) is 15.4 Å². The number of rotatable bonds is 2. The molecule has 0 radical (unpaired) electrons. The van der Waals surface area contributed by atoms with E-state index in [-0.39, 0.29) is 0 Å². The summed E-state index contributed by atoms with van der Waals surface area (Å²) in [6, 6.07) is 1.70. The number of hydrogen-bond donors (Lipinski definition) is 2. The molecule has 0 unspecified atom stereocenters. The van der Waals surface area contributed by atoms with Gasteiger partial charge in [0.15, 0.2) is 0 Å². The molecule has 0 amide bonds. The van der Waals surface area contributed by atoms with Crippen LogP contribution in [0.3, 0.4) is 0 Å². The van der Waals surface area contributed by atoms with Gasteiger partial charge >= 0.3 is 0 Å². The van der Waals surface area contributed by atoms with Crippen molar-refractivity contribution in [2.45, 2.75) is 6.54 Å². The lowest BCUT2D eigenvalue weighted by Crippen LogP contribution is -2.00. The third-order valence-corrected chi connectivity index (χ3v) is 1.56. The Morgan fingerprint density at radius 1 is 1.38 bits per heavy atom. The molecule has 2 aromatic heterocycles. The van der Waals surface area contributed by atoms with Crippen molar-refractivity contribution in [2.24, 2.45) is 5.73 Å². The van der Waals surface area contributed by atoms with Crippen molar-refractivity contribution in [3.8, 4) is 11.4 Å². The van der Waals surface area contributed by atoms with Crippen molar-refractivity contribution in [3.05, 3.63) is 18.0 Å². The molecular formula is C6H7N7. The van der Waals surface area contributed by atoms with Gasteiger partial charge in [-0.15, -0.1) is 10.2 Å². The van der Waals surface area contributed by atoms with Gasteiger partial charge in [0.1, 0.15) is 17.1 Å². The van der Waals surface area contributed by atoms with Crippen molar-refractivity contribution in [3.63, 3.8) is 0 Å². The van der Waals surface area contributed by atoms with E-state index in [2.05, 4.69) is 30.8 Å². The minimum atomic E-state index is 0.315. The second-order valence-electron chi connectivity index (χ2n) is 2.33. The van der Waals surface area contributed by atoms with Gasteiger partial charge < -0.3 is 5.73 Å². The SMILES string of the molecule is NCc1n[nH]nc1-c1ccnnn1. The standard InChI is InChI=1S/C6H7N7/c7-3-5-6(11-13-10-5)4-1-2-8-12-9-4/h1-2H,3,7H2,(H,10,11,13). The Morgan fingerprint density at radius 3 is 3.00 bits per heavy atom. The number of aromatic nitrogens is 6. The van der Waals surface area contributed by atoms with Crippen molar-refractivity contribution in [1.82, 2.24) is 30.8 Å². The van der Waals surface area contributed by atoms with E-state index in [1.54, 1.807) is 6.07 Å². The largest absolute Gasteiger partial charge is 0.325 e. The van der Waals surface area contributed by atoms with Crippen molar-refractivity contribution < 1.29 is 0 Å². The molecule has 7 nitrogen and oxygen atoms in total. The predicted molar refractivity (Wildman–Crippen MR) is 43.1 cm³/mol. The Kier molecular flexibility index (Phi) is 1.93. The molecule has 2 heterocycles. The highest BCUT2D eigenvalue weighted by Crippen LogP contribution is 2.13. The van der Waals surface area contributed by atoms with Gasteiger partial charge in [-0.3, -0.25) is 0 Å². The Bertz CT molecular complexity index is 381. The van der Waals surface area contributed by atoms with Gasteiger partial charge in [-0.25, -0.2) is 0 Å². The zero-order valence-corrected chi connectivity index (χ0v) is 6.68. The second kappa shape index (κ2) is 3.23. The van der Waals surface area contributed by atoms with Crippen LogP contribution in [0.25, 0.3) is 11.4 Å². The molecule has 2 aromatic rings. The molecule has 3 N–H and O–H groups in total. The molecule has 0 fully saturated rings. The molecule has 0 atom stereocenters. The number of nitrogens with one attached hydrogen (secondary N) is 1. The van der Waals surface area contributed by atoms with E-state index in [1.807, 2.05) is 0 Å². The molecule has 0 aliphatic carbocycles. The fourth-order valence-corrected chi connectivity index (χ4v) is 0.968. The van der Waals surface area contributed by atoms with E-state index in [0.717, 1.165) is 0 Å². The van der Waals surface area contributed by atoms with Crippen molar-refractivity contribution in [2.75, 3.05) is 0 Å². The summed E-state index contributed by atoms with van der Waals surface area (Å²) in [5.41, 5.74) is 7.35. The minimum absolute atomic E-state index is 0.315. The van der Waals surface area contributed by atoms with Crippen LogP contribution >= 0.6 is 0 Å². The van der Waals surface area contributed by atoms with E-state index < -0.39 is 0 Å². The molecule has 66 valence electrons. The predicted octanol–water partition coefficient (Wildman–Crippen LogP) is -0.885. The summed E-state index contributed by atoms with van der Waals surface area (Å²) >= 11 is 0. The number of H-pyrrole nitrogens is 1. The maximum atomic E-state index is 5.45. The van der Waals surface area contributed by atoms with Crippen LogP contribution in [0.5, 0.6) is 0 Å². The molecule has 0 spiro atoms. The molecule has 0 aromatic carbocycles. The molecule has 0 aliphatic rings. The number of aromatic amines is 1. The van der Waals surface area contributed by atoms with Crippen LogP contribution in [-0.4, -0.2) is 30.8 Å². The van der Waals surface area contributed by atoms with Gasteiger partial charge in [0.05, 0.1) is 6.20 Å². The summed E-state index contributed by atoms with van der Waals surface area (Å²) in [5, 5.41) is 21.1. The van der Waals surface area contributed by atoms with Crippen LogP contribution in [0.1, 0.15) is 5.69 Å². The molecule has 2 rings (SSSR count). The fourth-order valence-electron chi connectivity index (χ4n) is 0.968. The normalized spacial score (nSPS) is 10.2. The summed E-state index contributed by atoms with van der Waals surface area (Å²) in [7, 11) is 0. The van der Waals surface area contributed by atoms with Crippen LogP contribution in [0.4, 0.5) is 0 Å². The molecular weight excluding hydrogens is 170 g/mol. The number of nitrogens with two attached hydrogens (primary N) is 1. The Labute approximate surface area is 73.4 Å². The summed E-state index contributed by atoms with van der Waals surface area (Å²) in [5.74, 6) is 0. The second-order valence-corrected chi connectivity index (χ2v) is 2.33. The summed E-state index contributed by atoms with van der Waals surface area (Å²) in [6.07, 6.45) is 1.54. The van der Waals surface area contributed by atoms with Crippen molar-refractivity contribution >= 4 is 0 Å². The zero-order chi connectivity index (χ0) is 9.10. The maximum Gasteiger partial charge on any atom is 0.137 e. The van der Waals surface area contributed by atoms with Crippen molar-refractivity contribution in [1.29, 1.82) is 0 Å². The molecule has 13 heavy (non-hydrogen) atoms. The first kappa shape index (κ1) is 7.74. The van der Waals surface area contributed by atoms with Gasteiger partial charge in [-0.1, -0.05) is 0 Å². The Hall–Kier alpha value is -1.89. The maximum absolute atomic E-state index is 5.45. The molecule has 7 heteroatoms. The zero-order valence-electron chi connectivity index (χ0n) is 6.68. The monoisotopic (exact) mass is 177 g/mol. The highest BCUT2D eigenvalue weighted by molar-refractivity contribution is 5.54. The van der Waals surface area contributed by atoms with Crippen LogP contribution in [0, 0.1) is 0 Å². The van der Waals surface area contributed by atoms with Gasteiger partial charge in [0.2, 0.25) is 0 Å². The fraction of sp³-hybridized carbons (Fsp3) is 0.167. The van der Waals surface area contributed by atoms with E-state index in [0.29, 0.717) is 23.6 Å². The van der Waals surface area contributed by atoms with Gasteiger partial charge in [-0.05, 0) is 11.3 Å². The van der Waals surface area contributed by atoms with E-state index in [4.69, 9.17) is 5.73 Å². The quantitative estimate of drug-likeness (QED) is 0.616. The number of nitrogens with zero attached hydrogens (tertiary/aromatic N) is 5. The molecule has 0 bridgehead atoms. The van der Waals surface area contributed by atoms with Crippen LogP contribution in [-0.2, 0) is 6.54 Å². The lowest BCUT2D eigenvalue weighted by Gasteiger charge is -1.93. The highest BCUT2D eigenvalue weighted by Gasteiger charge is 2.09. The third-order valence-electron chi connectivity index (χ3n) is 1.56. The Balaban J connectivity index is 2.47. The first-order valence-corrected chi connectivity index (χ1v) is 3.66. The van der Waals surface area contributed by atoms with Gasteiger partial charge in [0, 0.05) is 6.54 Å². The highest BCUT2D eigenvalue weighted by atomic mass is 15.3. The first-order chi connectivity index (χ1) is 6.42. The average Bonchev–Trinajstić information content (AvgIpc) is 2.67. The summed E-state index contributed by atoms with van der Waals surface area (Å²) in [4.78, 5) is 0. The summed E-state index contributed by atoms with van der Waals surface area (Å²) < 4.78 is 0. The third kappa shape index (κ3) is 1.36. The van der Waals surface area contributed by atoms with E-state index in [9.17, 15) is 0 Å². The summed E-state index contributed by atoms with van der Waals surface area (Å²) in [6.45, 7) is 0.315. The smallest absolute Gasteiger partial charge is 0.137 e. The molecule has 0 aliphatic heterocycles. The van der Waals surface area contributed by atoms with E-state index in [1.165, 1.54) is 6.20 Å². The van der Waals surface area contributed by atoms with Gasteiger partial charge in [0.25, 0.3) is 0 Å². The first-order valence-electron chi connectivity index (χ1n) is 3.66. The molecule has 0 saturated carbocycles. The Morgan fingerprint density at radius 2 is 2.31 bits per heavy atom. The van der Waals surface area contributed by atoms with E-state index >= 15 is 0 Å². The topological polar surface area (TPSA) is 106 Å². The lowest BCUT2D eigenvalue weighted by molar-refractivity contribution is 0.864. The van der Waals surface area contributed by atoms with Crippen LogP contribution in [0.2, 0.25) is 0 Å². The number of hydrogen-bond acceptors (Lipinski definition) is 6. The molecule has 0 saturated heterocycles. The van der Waals surface area contributed by atoms with Crippen LogP contribution in [0.15, 0.2) is 12.3 Å².